The van der Waals surface area contributed by atoms with Crippen LogP contribution < -0.4 is 16.4 Å². The van der Waals surface area contributed by atoms with E-state index < -0.39 is 6.04 Å². The number of nitrogen functional groups attached to an aromatic ring is 1. The summed E-state index contributed by atoms with van der Waals surface area (Å²) in [5.74, 6) is 0.407. The first-order valence-electron chi connectivity index (χ1n) is 6.54. The maximum atomic E-state index is 11.9. The number of hydrogen-bond acceptors (Lipinski definition) is 7. The smallest absolute Gasteiger partial charge is 0.257 e. The monoisotopic (exact) mass is 290 g/mol. The summed E-state index contributed by atoms with van der Waals surface area (Å²) in [6.45, 7) is 5.49. The van der Waals surface area contributed by atoms with Crippen LogP contribution in [0, 0.1) is 0 Å². The highest BCUT2D eigenvalue weighted by Crippen LogP contribution is 2.07. The van der Waals surface area contributed by atoms with Crippen LogP contribution in [0.1, 0.15) is 20.8 Å². The molecule has 1 unspecified atom stereocenters. The summed E-state index contributed by atoms with van der Waals surface area (Å²) >= 11 is 0. The summed E-state index contributed by atoms with van der Waals surface area (Å²) in [7, 11) is 0. The van der Waals surface area contributed by atoms with Crippen LogP contribution in [0.15, 0.2) is 18.5 Å². The molecule has 0 spiro atoms. The minimum Gasteiger partial charge on any atom is -0.368 e. The average Bonchev–Trinajstić information content (AvgIpc) is 2.90. The van der Waals surface area contributed by atoms with Gasteiger partial charge in [0, 0.05) is 18.4 Å². The van der Waals surface area contributed by atoms with Gasteiger partial charge in [0.25, 0.3) is 5.95 Å². The summed E-state index contributed by atoms with van der Waals surface area (Å²) in [5, 5.41) is 9.72. The maximum absolute atomic E-state index is 11.9. The molecule has 0 radical (unpaired) electrons. The van der Waals surface area contributed by atoms with Crippen molar-refractivity contribution in [3.63, 3.8) is 0 Å². The molecule has 0 aliphatic rings. The molecule has 4 N–H and O–H groups in total. The van der Waals surface area contributed by atoms with Gasteiger partial charge in [-0.15, -0.1) is 0 Å². The van der Waals surface area contributed by atoms with Gasteiger partial charge in [0.2, 0.25) is 17.8 Å². The highest BCUT2D eigenvalue weighted by Gasteiger charge is 2.16. The minimum absolute atomic E-state index is 0.0504. The molecule has 2 aromatic rings. The Bertz CT molecular complexity index is 610. The normalized spacial score (nSPS) is 12.2. The number of carbonyl (C=O) groups excluding carboxylic acids is 1. The van der Waals surface area contributed by atoms with Crippen molar-refractivity contribution in [1.29, 1.82) is 0 Å². The van der Waals surface area contributed by atoms with E-state index in [9.17, 15) is 4.79 Å². The van der Waals surface area contributed by atoms with Crippen LogP contribution in [0.4, 0.5) is 11.9 Å². The van der Waals surface area contributed by atoms with Crippen molar-refractivity contribution in [3.8, 4) is 5.95 Å². The van der Waals surface area contributed by atoms with Crippen LogP contribution in [0.5, 0.6) is 0 Å². The Morgan fingerprint density at radius 3 is 2.67 bits per heavy atom. The Kier molecular flexibility index (Phi) is 4.31. The number of nitrogens with zero attached hydrogens (tertiary/aromatic N) is 5. The molecule has 2 rings (SSSR count). The van der Waals surface area contributed by atoms with Crippen molar-refractivity contribution in [3.05, 3.63) is 18.5 Å². The van der Waals surface area contributed by atoms with Crippen LogP contribution in [-0.2, 0) is 4.79 Å². The first kappa shape index (κ1) is 14.7. The third-order valence-corrected chi connectivity index (χ3v) is 2.52. The number of aromatic nitrogens is 5. The molecule has 0 aliphatic heterocycles. The van der Waals surface area contributed by atoms with Crippen molar-refractivity contribution >= 4 is 17.8 Å². The lowest BCUT2D eigenvalue weighted by Gasteiger charge is -2.16. The molecule has 0 aromatic carbocycles. The Morgan fingerprint density at radius 1 is 1.29 bits per heavy atom. The van der Waals surface area contributed by atoms with Crippen LogP contribution in [0.3, 0.4) is 0 Å². The first-order chi connectivity index (χ1) is 9.95. The third-order valence-electron chi connectivity index (χ3n) is 2.52. The number of amides is 1. The fourth-order valence-electron chi connectivity index (χ4n) is 1.60. The molecule has 9 nitrogen and oxygen atoms in total. The zero-order valence-corrected chi connectivity index (χ0v) is 12.1. The molecule has 0 aliphatic carbocycles. The van der Waals surface area contributed by atoms with Gasteiger partial charge >= 0.3 is 0 Å². The number of nitrogens with two attached hydrogens (primary N) is 1. The molecule has 1 amide bonds. The topological polar surface area (TPSA) is 124 Å². The van der Waals surface area contributed by atoms with Crippen molar-refractivity contribution in [2.24, 2.45) is 0 Å². The largest absolute Gasteiger partial charge is 0.368 e. The van der Waals surface area contributed by atoms with Gasteiger partial charge in [-0.2, -0.15) is 20.1 Å². The number of rotatable bonds is 5. The fraction of sp³-hybridized carbons (Fsp3) is 0.417. The Morgan fingerprint density at radius 2 is 2.05 bits per heavy atom. The molecule has 2 aromatic heterocycles. The molecule has 0 saturated carbocycles. The Labute approximate surface area is 122 Å². The standard InChI is InChI=1S/C12H18N8O/c1-7(2)15-9(21)8(3)16-11-17-10(13)18-12(19-11)20-6-4-5-14-20/h4-8H,1-3H3,(H,15,21)(H3,13,16,17,18,19). The molecule has 9 heteroatoms. The van der Waals surface area contributed by atoms with Crippen molar-refractivity contribution in [2.75, 3.05) is 11.1 Å². The quantitative estimate of drug-likeness (QED) is 0.706. The lowest BCUT2D eigenvalue weighted by molar-refractivity contribution is -0.122. The summed E-state index contributed by atoms with van der Waals surface area (Å²) in [6, 6.07) is 1.30. The zero-order chi connectivity index (χ0) is 15.4. The Balaban J connectivity index is 2.15. The van der Waals surface area contributed by atoms with Crippen LogP contribution in [-0.4, -0.2) is 42.7 Å². The lowest BCUT2D eigenvalue weighted by Crippen LogP contribution is -2.41. The van der Waals surface area contributed by atoms with E-state index in [0.29, 0.717) is 0 Å². The second kappa shape index (κ2) is 6.16. The highest BCUT2D eigenvalue weighted by atomic mass is 16.2. The second-order valence-corrected chi connectivity index (χ2v) is 4.80. The SMILES string of the molecule is CC(C)NC(=O)C(C)Nc1nc(N)nc(-n2cccn2)n1. The van der Waals surface area contributed by atoms with E-state index >= 15 is 0 Å². The molecular formula is C12H18N8O. The summed E-state index contributed by atoms with van der Waals surface area (Å²) in [4.78, 5) is 24.0. The number of anilines is 2. The van der Waals surface area contributed by atoms with Gasteiger partial charge in [-0.1, -0.05) is 0 Å². The van der Waals surface area contributed by atoms with Crippen molar-refractivity contribution < 1.29 is 4.79 Å². The summed E-state index contributed by atoms with van der Waals surface area (Å²) in [5.41, 5.74) is 5.65. The predicted molar refractivity (Wildman–Crippen MR) is 77.7 cm³/mol. The predicted octanol–water partition coefficient (Wildman–Crippen LogP) is -0.0355. The fourth-order valence-corrected chi connectivity index (χ4v) is 1.60. The Hall–Kier alpha value is -2.71. The van der Waals surface area contributed by atoms with E-state index in [1.54, 1.807) is 25.4 Å². The van der Waals surface area contributed by atoms with Gasteiger partial charge in [-0.25, -0.2) is 4.68 Å². The molecule has 2 heterocycles. The molecule has 21 heavy (non-hydrogen) atoms. The maximum Gasteiger partial charge on any atom is 0.257 e. The van der Waals surface area contributed by atoms with E-state index in [2.05, 4.69) is 30.7 Å². The molecule has 112 valence electrons. The van der Waals surface area contributed by atoms with Gasteiger partial charge in [-0.3, -0.25) is 4.79 Å². The molecule has 0 fully saturated rings. The highest BCUT2D eigenvalue weighted by molar-refractivity contribution is 5.83. The van der Waals surface area contributed by atoms with Crippen molar-refractivity contribution in [2.45, 2.75) is 32.9 Å². The first-order valence-corrected chi connectivity index (χ1v) is 6.54. The molecule has 0 saturated heterocycles. The van der Waals surface area contributed by atoms with E-state index in [1.807, 2.05) is 13.8 Å². The second-order valence-electron chi connectivity index (χ2n) is 4.80. The van der Waals surface area contributed by atoms with E-state index in [-0.39, 0.29) is 29.8 Å². The van der Waals surface area contributed by atoms with Gasteiger partial charge < -0.3 is 16.4 Å². The molecule has 0 bridgehead atoms. The van der Waals surface area contributed by atoms with E-state index in [0.717, 1.165) is 0 Å². The van der Waals surface area contributed by atoms with Crippen LogP contribution in [0.25, 0.3) is 5.95 Å². The minimum atomic E-state index is -0.500. The van der Waals surface area contributed by atoms with Crippen LogP contribution >= 0.6 is 0 Å². The van der Waals surface area contributed by atoms with Crippen molar-refractivity contribution in [1.82, 2.24) is 30.0 Å². The summed E-state index contributed by atoms with van der Waals surface area (Å²) < 4.78 is 1.46. The van der Waals surface area contributed by atoms with Gasteiger partial charge in [-0.05, 0) is 26.8 Å². The number of hydrogen-bond donors (Lipinski definition) is 3. The van der Waals surface area contributed by atoms with Crippen LogP contribution in [0.2, 0.25) is 0 Å². The lowest BCUT2D eigenvalue weighted by atomic mass is 10.3. The molecular weight excluding hydrogens is 272 g/mol. The van der Waals surface area contributed by atoms with E-state index in [4.69, 9.17) is 5.73 Å². The summed E-state index contributed by atoms with van der Waals surface area (Å²) in [6.07, 6.45) is 3.29. The van der Waals surface area contributed by atoms with Gasteiger partial charge in [0.1, 0.15) is 6.04 Å². The average molecular weight is 290 g/mol. The number of carbonyl (C=O) groups is 1. The van der Waals surface area contributed by atoms with Gasteiger partial charge in [0.15, 0.2) is 0 Å². The number of nitrogens with one attached hydrogen (secondary N) is 2. The van der Waals surface area contributed by atoms with E-state index in [1.165, 1.54) is 4.68 Å². The zero-order valence-electron chi connectivity index (χ0n) is 12.1. The third kappa shape index (κ3) is 3.88. The molecule has 1 atom stereocenters. The van der Waals surface area contributed by atoms with Gasteiger partial charge in [0.05, 0.1) is 0 Å².